The predicted molar refractivity (Wildman–Crippen MR) is 73.0 cm³/mol. The third-order valence-electron chi connectivity index (χ3n) is 3.78. The second kappa shape index (κ2) is 6.38. The first-order valence-corrected chi connectivity index (χ1v) is 6.19. The number of imide groups is 2. The van der Waals surface area contributed by atoms with Gasteiger partial charge in [0.1, 0.15) is 5.54 Å². The number of carbonyl (C=O) groups excluding carboxylic acids is 4. The number of amides is 4. The summed E-state index contributed by atoms with van der Waals surface area (Å²) in [6, 6.07) is 7.41. The Bertz CT molecular complexity index is 638. The first-order chi connectivity index (χ1) is 9.45. The average molecular weight is 375 g/mol. The Morgan fingerprint density at radius 1 is 1.23 bits per heavy atom. The van der Waals surface area contributed by atoms with Gasteiger partial charge >= 0.3 is 0 Å². The molecule has 1 saturated heterocycles. The molecule has 1 atom stereocenters. The molecule has 4 amide bonds. The van der Waals surface area contributed by atoms with Crippen LogP contribution in [-0.2, 0) is 42.3 Å². The van der Waals surface area contributed by atoms with E-state index in [0.717, 1.165) is 4.90 Å². The molecule has 0 aliphatic carbocycles. The third-order valence-corrected chi connectivity index (χ3v) is 3.78. The number of hydrogen-bond donors (Lipinski definition) is 1. The van der Waals surface area contributed by atoms with E-state index in [0.29, 0.717) is 0 Å². The van der Waals surface area contributed by atoms with Gasteiger partial charge in [0.2, 0.25) is 11.8 Å². The summed E-state index contributed by atoms with van der Waals surface area (Å²) in [5.74, 6) is -2.08. The molecule has 0 saturated carbocycles. The Balaban J connectivity index is 0.00000121. The molecule has 1 aromatic carbocycles. The van der Waals surface area contributed by atoms with Crippen LogP contribution in [0, 0.1) is 13.5 Å². The van der Waals surface area contributed by atoms with Crippen LogP contribution < -0.4 is 5.32 Å². The fraction of sp³-hybridized carbons (Fsp3) is 0.267. The second-order valence-electron chi connectivity index (χ2n) is 5.06. The van der Waals surface area contributed by atoms with Gasteiger partial charge in [0.15, 0.2) is 5.91 Å². The van der Waals surface area contributed by atoms with Crippen molar-refractivity contribution in [2.75, 3.05) is 0 Å². The molecule has 7 heteroatoms. The number of benzene rings is 1. The van der Waals surface area contributed by atoms with Crippen molar-refractivity contribution in [1.29, 1.82) is 0 Å². The molecule has 0 bridgehead atoms. The molecule has 22 heavy (non-hydrogen) atoms. The van der Waals surface area contributed by atoms with Gasteiger partial charge in [-0.3, -0.25) is 19.7 Å². The fourth-order valence-electron chi connectivity index (χ4n) is 2.57. The van der Waals surface area contributed by atoms with Crippen LogP contribution in [0.25, 0.3) is 0 Å². The van der Waals surface area contributed by atoms with Crippen molar-refractivity contribution < 1.29 is 51.9 Å². The van der Waals surface area contributed by atoms with E-state index in [9.17, 15) is 19.2 Å². The average Bonchev–Trinajstić information content (AvgIpc) is 2.68. The van der Waals surface area contributed by atoms with Crippen LogP contribution in [0.15, 0.2) is 18.2 Å². The van der Waals surface area contributed by atoms with Gasteiger partial charge in [0, 0.05) is 39.1 Å². The molecule has 0 aromatic heterocycles. The zero-order valence-corrected chi connectivity index (χ0v) is 15.1. The molecule has 1 radical (unpaired) electrons. The van der Waals surface area contributed by atoms with Crippen molar-refractivity contribution in [3.8, 4) is 0 Å². The Morgan fingerprint density at radius 2 is 1.91 bits per heavy atom. The van der Waals surface area contributed by atoms with E-state index in [2.05, 4.69) is 11.4 Å². The number of nitrogens with zero attached hydrogens (tertiary/aromatic N) is 1. The zero-order chi connectivity index (χ0) is 14.5. The molecule has 0 spiro atoms. The van der Waals surface area contributed by atoms with Crippen molar-refractivity contribution in [1.82, 2.24) is 10.2 Å². The minimum absolute atomic E-state index is 0. The van der Waals surface area contributed by atoms with Gasteiger partial charge in [-0.15, -0.1) is 24.3 Å². The van der Waals surface area contributed by atoms with Crippen LogP contribution in [0.2, 0.25) is 0 Å². The molecule has 3 rings (SSSR count). The molecule has 1 N–H and O–H groups in total. The van der Waals surface area contributed by atoms with Gasteiger partial charge in [-0.25, -0.2) is 0 Å². The monoisotopic (exact) mass is 375 g/mol. The normalized spacial score (nSPS) is 23.4. The quantitative estimate of drug-likeness (QED) is 0.580. The van der Waals surface area contributed by atoms with Crippen LogP contribution >= 0.6 is 0 Å². The molecule has 2 aliphatic heterocycles. The fourth-order valence-corrected chi connectivity index (χ4v) is 2.57. The maximum atomic E-state index is 12.4. The van der Waals surface area contributed by atoms with E-state index in [1.807, 2.05) is 0 Å². The molecule has 1 aromatic rings. The van der Waals surface area contributed by atoms with Crippen molar-refractivity contribution in [3.63, 3.8) is 0 Å². The number of nitrogens with one attached hydrogen (secondary N) is 1. The van der Waals surface area contributed by atoms with Gasteiger partial charge in [0.25, 0.3) is 5.91 Å². The SMILES string of the molecule is CC1(N2C(=O)c3[c-]cccc3C2=O)CCC(=O)NC1=O.[CH3-].[Y]. The summed E-state index contributed by atoms with van der Waals surface area (Å²) in [7, 11) is 0. The molecule has 113 valence electrons. The number of rotatable bonds is 1. The van der Waals surface area contributed by atoms with Crippen LogP contribution in [0.3, 0.4) is 0 Å². The van der Waals surface area contributed by atoms with Crippen molar-refractivity contribution in [2.45, 2.75) is 25.3 Å². The van der Waals surface area contributed by atoms with Gasteiger partial charge in [-0.2, -0.15) is 0 Å². The number of piperidine rings is 1. The van der Waals surface area contributed by atoms with E-state index in [1.54, 1.807) is 12.1 Å². The van der Waals surface area contributed by atoms with E-state index >= 15 is 0 Å². The first-order valence-electron chi connectivity index (χ1n) is 6.19. The molecule has 2 aliphatic rings. The Kier molecular flexibility index (Phi) is 5.41. The maximum Gasteiger partial charge on any atom is 0.251 e. The first kappa shape index (κ1) is 18.7. The number of carbonyl (C=O) groups is 4. The van der Waals surface area contributed by atoms with E-state index < -0.39 is 29.2 Å². The third kappa shape index (κ3) is 2.54. The molecule has 1 fully saturated rings. The molecular formula is C15H14N2O4Y-2. The van der Waals surface area contributed by atoms with Gasteiger partial charge in [-0.05, 0) is 18.9 Å². The Morgan fingerprint density at radius 3 is 2.50 bits per heavy atom. The van der Waals surface area contributed by atoms with Gasteiger partial charge < -0.3 is 17.1 Å². The minimum atomic E-state index is -1.34. The topological polar surface area (TPSA) is 83.6 Å². The van der Waals surface area contributed by atoms with E-state index in [4.69, 9.17) is 0 Å². The summed E-state index contributed by atoms with van der Waals surface area (Å²) >= 11 is 0. The van der Waals surface area contributed by atoms with Crippen LogP contribution in [0.1, 0.15) is 40.5 Å². The zero-order valence-electron chi connectivity index (χ0n) is 12.3. The summed E-state index contributed by atoms with van der Waals surface area (Å²) < 4.78 is 0. The van der Waals surface area contributed by atoms with E-state index in [1.165, 1.54) is 13.0 Å². The standard InChI is InChI=1S/C14H11N2O4.CH3.Y/c1-14(7-6-10(17)15-13(14)20)16-11(18)8-4-2-3-5-9(8)12(16)19;;/h2-4H,6-7H2,1H3,(H,15,17,20);1H3;/q2*-1;. The summed E-state index contributed by atoms with van der Waals surface area (Å²) in [6.45, 7) is 1.50. The van der Waals surface area contributed by atoms with Crippen LogP contribution in [0.5, 0.6) is 0 Å². The molecule has 6 nitrogen and oxygen atoms in total. The minimum Gasteiger partial charge on any atom is -0.358 e. The Labute approximate surface area is 153 Å². The van der Waals surface area contributed by atoms with Crippen molar-refractivity contribution in [3.05, 3.63) is 42.8 Å². The smallest absolute Gasteiger partial charge is 0.251 e. The van der Waals surface area contributed by atoms with Gasteiger partial charge in [-0.1, -0.05) is 5.56 Å². The van der Waals surface area contributed by atoms with E-state index in [-0.39, 0.29) is 64.1 Å². The van der Waals surface area contributed by atoms with Crippen molar-refractivity contribution >= 4 is 23.6 Å². The summed E-state index contributed by atoms with van der Waals surface area (Å²) in [4.78, 5) is 48.9. The predicted octanol–water partition coefficient (Wildman–Crippen LogP) is 0.726. The molecule has 2 heterocycles. The Hall–Kier alpha value is -1.40. The summed E-state index contributed by atoms with van der Waals surface area (Å²) in [5, 5.41) is 2.18. The largest absolute Gasteiger partial charge is 0.358 e. The van der Waals surface area contributed by atoms with Crippen molar-refractivity contribution in [2.24, 2.45) is 0 Å². The second-order valence-corrected chi connectivity index (χ2v) is 5.06. The maximum absolute atomic E-state index is 12.4. The number of fused-ring (bicyclic) bond motifs is 1. The van der Waals surface area contributed by atoms with Crippen LogP contribution in [-0.4, -0.2) is 34.1 Å². The number of hydrogen-bond acceptors (Lipinski definition) is 4. The summed E-state index contributed by atoms with van der Waals surface area (Å²) in [5.41, 5.74) is -0.929. The molecule has 1 unspecified atom stereocenters. The van der Waals surface area contributed by atoms with Crippen LogP contribution in [0.4, 0.5) is 0 Å². The molecular weight excluding hydrogens is 361 g/mol. The van der Waals surface area contributed by atoms with Gasteiger partial charge in [0.05, 0.1) is 0 Å². The summed E-state index contributed by atoms with van der Waals surface area (Å²) in [6.07, 6.45) is 0.225.